The summed E-state index contributed by atoms with van der Waals surface area (Å²) in [7, 11) is 0. The van der Waals surface area contributed by atoms with Crippen LogP contribution in [-0.2, 0) is 0 Å². The molecule has 0 aromatic heterocycles. The maximum absolute atomic E-state index is 8.92. The van der Waals surface area contributed by atoms with Crippen LogP contribution in [0.25, 0.3) is 0 Å². The number of nitriles is 1. The number of rotatable bonds is 2. The topological polar surface area (TPSA) is 48.2 Å². The van der Waals surface area contributed by atoms with Gasteiger partial charge in [0.2, 0.25) is 0 Å². The highest BCUT2D eigenvalue weighted by atomic mass is 35.5. The van der Waals surface area contributed by atoms with Crippen LogP contribution in [0.1, 0.15) is 32.3 Å². The normalized spacial score (nSPS) is 22.5. The minimum atomic E-state index is 0.00684. The number of aliphatic imine (C=N–C) groups is 1. The third-order valence-electron chi connectivity index (χ3n) is 3.35. The first-order valence-electron chi connectivity index (χ1n) is 6.25. The number of hydrogen-bond donors (Lipinski definition) is 1. The molecule has 0 bridgehead atoms. The minimum absolute atomic E-state index is 0.00684. The van der Waals surface area contributed by atoms with Crippen LogP contribution in [0, 0.1) is 11.3 Å². The van der Waals surface area contributed by atoms with Crippen molar-refractivity contribution in [2.45, 2.75) is 32.2 Å². The van der Waals surface area contributed by atoms with Crippen molar-refractivity contribution >= 4 is 34.2 Å². The van der Waals surface area contributed by atoms with Crippen molar-refractivity contribution in [2.24, 2.45) is 4.99 Å². The molecule has 3 nitrogen and oxygen atoms in total. The highest BCUT2D eigenvalue weighted by molar-refractivity contribution is 8.14. The molecule has 19 heavy (non-hydrogen) atoms. The number of nitrogens with one attached hydrogen (secondary N) is 1. The summed E-state index contributed by atoms with van der Waals surface area (Å²) in [5, 5.41) is 13.7. The van der Waals surface area contributed by atoms with Crippen LogP contribution in [0.2, 0.25) is 5.02 Å². The Morgan fingerprint density at radius 1 is 1.58 bits per heavy atom. The molecule has 100 valence electrons. The number of benzene rings is 1. The first-order valence-corrected chi connectivity index (χ1v) is 7.62. The molecular formula is C14H16ClN3S. The molecule has 0 spiro atoms. The lowest BCUT2D eigenvalue weighted by atomic mass is 9.97. The minimum Gasteiger partial charge on any atom is -0.334 e. The Balaban J connectivity index is 2.24. The fourth-order valence-electron chi connectivity index (χ4n) is 1.83. The van der Waals surface area contributed by atoms with Gasteiger partial charge in [0.1, 0.15) is 0 Å². The molecule has 0 saturated carbocycles. The SMILES string of the molecule is CCC1(C)CCSC(Nc2cc(C#N)ccc2Cl)=N1. The Hall–Kier alpha value is -1.18. The van der Waals surface area contributed by atoms with Crippen LogP contribution in [0.15, 0.2) is 23.2 Å². The van der Waals surface area contributed by atoms with E-state index in [4.69, 9.17) is 21.9 Å². The number of amidine groups is 1. The first-order chi connectivity index (χ1) is 9.06. The van der Waals surface area contributed by atoms with Gasteiger partial charge < -0.3 is 5.32 Å². The van der Waals surface area contributed by atoms with Gasteiger partial charge in [0, 0.05) is 5.75 Å². The summed E-state index contributed by atoms with van der Waals surface area (Å²) < 4.78 is 0. The van der Waals surface area contributed by atoms with Gasteiger partial charge in [0.05, 0.1) is 27.9 Å². The molecule has 0 saturated heterocycles. The van der Waals surface area contributed by atoms with Crippen LogP contribution in [0.4, 0.5) is 5.69 Å². The van der Waals surface area contributed by atoms with Gasteiger partial charge in [-0.05, 0) is 38.0 Å². The molecule has 1 aromatic carbocycles. The summed E-state index contributed by atoms with van der Waals surface area (Å²) in [5.74, 6) is 1.05. The average Bonchev–Trinajstić information content (AvgIpc) is 2.41. The van der Waals surface area contributed by atoms with Crippen molar-refractivity contribution < 1.29 is 0 Å². The fourth-order valence-corrected chi connectivity index (χ4v) is 3.19. The third kappa shape index (κ3) is 3.43. The lowest BCUT2D eigenvalue weighted by molar-refractivity contribution is 0.443. The predicted octanol–water partition coefficient (Wildman–Crippen LogP) is 4.29. The van der Waals surface area contributed by atoms with E-state index in [1.807, 2.05) is 0 Å². The zero-order valence-corrected chi connectivity index (χ0v) is 12.6. The van der Waals surface area contributed by atoms with E-state index in [0.29, 0.717) is 10.6 Å². The van der Waals surface area contributed by atoms with Crippen molar-refractivity contribution in [1.82, 2.24) is 0 Å². The predicted molar refractivity (Wildman–Crippen MR) is 83.0 cm³/mol. The third-order valence-corrected chi connectivity index (χ3v) is 4.55. The van der Waals surface area contributed by atoms with Gasteiger partial charge in [0.25, 0.3) is 0 Å². The van der Waals surface area contributed by atoms with E-state index in [1.165, 1.54) is 0 Å². The number of halogens is 1. The average molecular weight is 294 g/mol. The molecule has 2 rings (SSSR count). The molecule has 1 heterocycles. The summed E-state index contributed by atoms with van der Waals surface area (Å²) >= 11 is 7.84. The van der Waals surface area contributed by atoms with Gasteiger partial charge in [-0.3, -0.25) is 4.99 Å². The Morgan fingerprint density at radius 2 is 2.37 bits per heavy atom. The Bertz CT molecular complexity index is 550. The lowest BCUT2D eigenvalue weighted by Gasteiger charge is -2.29. The van der Waals surface area contributed by atoms with Crippen molar-refractivity contribution in [2.75, 3.05) is 11.1 Å². The van der Waals surface area contributed by atoms with E-state index in [-0.39, 0.29) is 5.54 Å². The number of thioether (sulfide) groups is 1. The van der Waals surface area contributed by atoms with Crippen molar-refractivity contribution in [3.05, 3.63) is 28.8 Å². The molecular weight excluding hydrogens is 278 g/mol. The Morgan fingerprint density at radius 3 is 3.05 bits per heavy atom. The van der Waals surface area contributed by atoms with E-state index < -0.39 is 0 Å². The highest BCUT2D eigenvalue weighted by Crippen LogP contribution is 2.31. The second-order valence-electron chi connectivity index (χ2n) is 4.80. The summed E-state index contributed by atoms with van der Waals surface area (Å²) in [6.45, 7) is 4.32. The summed E-state index contributed by atoms with van der Waals surface area (Å²) in [6.07, 6.45) is 2.11. The van der Waals surface area contributed by atoms with Crippen LogP contribution < -0.4 is 5.32 Å². The molecule has 1 aromatic rings. The monoisotopic (exact) mass is 293 g/mol. The smallest absolute Gasteiger partial charge is 0.161 e. The van der Waals surface area contributed by atoms with Crippen LogP contribution in [0.3, 0.4) is 0 Å². The van der Waals surface area contributed by atoms with Gasteiger partial charge in [-0.15, -0.1) is 0 Å². The molecule has 0 radical (unpaired) electrons. The van der Waals surface area contributed by atoms with E-state index in [1.54, 1.807) is 30.0 Å². The van der Waals surface area contributed by atoms with Crippen LogP contribution in [-0.4, -0.2) is 16.5 Å². The molecule has 0 fully saturated rings. The quantitative estimate of drug-likeness (QED) is 0.885. The van der Waals surface area contributed by atoms with E-state index >= 15 is 0 Å². The van der Waals surface area contributed by atoms with Gasteiger partial charge >= 0.3 is 0 Å². The standard InChI is InChI=1S/C14H16ClN3S/c1-3-14(2)6-7-19-13(18-14)17-12-8-10(9-16)4-5-11(12)15/h4-5,8H,3,6-7H2,1-2H3,(H,17,18). The number of anilines is 1. The largest absolute Gasteiger partial charge is 0.334 e. The van der Waals surface area contributed by atoms with E-state index in [0.717, 1.165) is 29.4 Å². The number of hydrogen-bond acceptors (Lipinski definition) is 4. The Labute approximate surface area is 123 Å². The van der Waals surface area contributed by atoms with Crippen molar-refractivity contribution in [1.29, 1.82) is 5.26 Å². The van der Waals surface area contributed by atoms with Crippen molar-refractivity contribution in [3.8, 4) is 6.07 Å². The number of nitrogens with zero attached hydrogens (tertiary/aromatic N) is 2. The molecule has 1 aliphatic rings. The summed E-state index contributed by atoms with van der Waals surface area (Å²) in [6, 6.07) is 7.31. The second kappa shape index (κ2) is 5.85. The van der Waals surface area contributed by atoms with Crippen LogP contribution >= 0.6 is 23.4 Å². The van der Waals surface area contributed by atoms with Gasteiger partial charge in [-0.25, -0.2) is 0 Å². The maximum Gasteiger partial charge on any atom is 0.161 e. The van der Waals surface area contributed by atoms with Crippen LogP contribution in [0.5, 0.6) is 0 Å². The molecule has 0 aliphatic carbocycles. The molecule has 1 N–H and O–H groups in total. The molecule has 1 atom stereocenters. The molecule has 1 aliphatic heterocycles. The highest BCUT2D eigenvalue weighted by Gasteiger charge is 2.26. The fraction of sp³-hybridized carbons (Fsp3) is 0.429. The second-order valence-corrected chi connectivity index (χ2v) is 6.29. The van der Waals surface area contributed by atoms with E-state index in [2.05, 4.69) is 25.2 Å². The lowest BCUT2D eigenvalue weighted by Crippen LogP contribution is -2.29. The Kier molecular flexibility index (Phi) is 4.38. The zero-order valence-electron chi connectivity index (χ0n) is 11.0. The summed E-state index contributed by atoms with van der Waals surface area (Å²) in [5.41, 5.74) is 1.34. The zero-order chi connectivity index (χ0) is 13.9. The molecule has 5 heteroatoms. The first kappa shape index (κ1) is 14.2. The van der Waals surface area contributed by atoms with Gasteiger partial charge in [-0.1, -0.05) is 30.3 Å². The van der Waals surface area contributed by atoms with Gasteiger partial charge in [-0.2, -0.15) is 5.26 Å². The van der Waals surface area contributed by atoms with Crippen molar-refractivity contribution in [3.63, 3.8) is 0 Å². The van der Waals surface area contributed by atoms with E-state index in [9.17, 15) is 0 Å². The maximum atomic E-state index is 8.92. The molecule has 1 unspecified atom stereocenters. The van der Waals surface area contributed by atoms with Gasteiger partial charge in [0.15, 0.2) is 5.17 Å². The molecule has 0 amide bonds. The summed E-state index contributed by atoms with van der Waals surface area (Å²) in [4.78, 5) is 4.75.